The second-order valence-electron chi connectivity index (χ2n) is 2.52. The lowest BCUT2D eigenvalue weighted by atomic mass is 10.3. The zero-order valence-corrected chi connectivity index (χ0v) is 8.43. The number of hydrogen-bond donors (Lipinski definition) is 1. The van der Waals surface area contributed by atoms with Crippen LogP contribution in [0.15, 0.2) is 30.3 Å². The van der Waals surface area contributed by atoms with Crippen LogP contribution in [-0.4, -0.2) is 18.2 Å². The highest BCUT2D eigenvalue weighted by Gasteiger charge is 1.95. The van der Waals surface area contributed by atoms with Gasteiger partial charge in [0.25, 0.3) is 0 Å². The van der Waals surface area contributed by atoms with Crippen LogP contribution < -0.4 is 5.32 Å². The summed E-state index contributed by atoms with van der Waals surface area (Å²) in [6.07, 6.45) is 0. The molecule has 70 valence electrons. The summed E-state index contributed by atoms with van der Waals surface area (Å²) in [5, 5.41) is 3.77. The Bertz CT molecular complexity index is 261. The fourth-order valence-corrected chi connectivity index (χ4v) is 1.13. The van der Waals surface area contributed by atoms with Gasteiger partial charge in [-0.25, -0.2) is 0 Å². The average Bonchev–Trinajstić information content (AvgIpc) is 2.17. The highest BCUT2D eigenvalue weighted by Crippen LogP contribution is 2.04. The molecule has 13 heavy (non-hydrogen) atoms. The second-order valence-corrected chi connectivity index (χ2v) is 2.98. The van der Waals surface area contributed by atoms with Crippen molar-refractivity contribution in [2.24, 2.45) is 0 Å². The molecule has 2 nitrogen and oxygen atoms in total. The minimum absolute atomic E-state index is 0.590. The summed E-state index contributed by atoms with van der Waals surface area (Å²) >= 11 is 4.97. The van der Waals surface area contributed by atoms with Crippen LogP contribution in [-0.2, 0) is 4.74 Å². The van der Waals surface area contributed by atoms with Crippen LogP contribution in [0.1, 0.15) is 6.92 Å². The molecule has 0 saturated carbocycles. The maximum Gasteiger partial charge on any atom is 0.178 e. The van der Waals surface area contributed by atoms with Crippen LogP contribution in [0.3, 0.4) is 0 Å². The van der Waals surface area contributed by atoms with Crippen LogP contribution in [0, 0.1) is 0 Å². The first kappa shape index (κ1) is 9.99. The molecule has 0 radical (unpaired) electrons. The van der Waals surface area contributed by atoms with Crippen molar-refractivity contribution in [3.63, 3.8) is 0 Å². The smallest absolute Gasteiger partial charge is 0.178 e. The molecule has 0 aliphatic rings. The van der Waals surface area contributed by atoms with Gasteiger partial charge in [-0.15, -0.1) is 0 Å². The molecule has 0 aliphatic heterocycles. The van der Waals surface area contributed by atoms with E-state index in [1.165, 1.54) is 0 Å². The third-order valence-electron chi connectivity index (χ3n) is 1.52. The first-order valence-corrected chi connectivity index (χ1v) is 4.68. The number of nitrogens with one attached hydrogen (secondary N) is 1. The van der Waals surface area contributed by atoms with E-state index in [0.717, 1.165) is 5.69 Å². The normalized spacial score (nSPS) is 9.31. The Balaban J connectivity index is 2.31. The number of anilines is 1. The highest BCUT2D eigenvalue weighted by atomic mass is 32.1. The molecule has 0 fully saturated rings. The SMILES string of the molecule is CCOC(=S)CNc1ccccc1. The Morgan fingerprint density at radius 1 is 1.38 bits per heavy atom. The van der Waals surface area contributed by atoms with Crippen molar-refractivity contribution in [3.8, 4) is 0 Å². The van der Waals surface area contributed by atoms with Crippen molar-refractivity contribution in [1.82, 2.24) is 0 Å². The van der Waals surface area contributed by atoms with Crippen molar-refractivity contribution in [2.45, 2.75) is 6.92 Å². The molecule has 0 unspecified atom stereocenters. The largest absolute Gasteiger partial charge is 0.485 e. The number of rotatable bonds is 4. The summed E-state index contributed by atoms with van der Waals surface area (Å²) in [6, 6.07) is 9.92. The molecule has 1 rings (SSSR count). The summed E-state index contributed by atoms with van der Waals surface area (Å²) in [5.41, 5.74) is 1.06. The molecule has 0 aliphatic carbocycles. The van der Waals surface area contributed by atoms with Crippen LogP contribution in [0.4, 0.5) is 5.69 Å². The lowest BCUT2D eigenvalue weighted by Gasteiger charge is -2.07. The number of para-hydroxylation sites is 1. The Kier molecular flexibility index (Phi) is 4.26. The van der Waals surface area contributed by atoms with E-state index < -0.39 is 0 Å². The van der Waals surface area contributed by atoms with Crippen LogP contribution in [0.2, 0.25) is 0 Å². The molecule has 3 heteroatoms. The van der Waals surface area contributed by atoms with Gasteiger partial charge >= 0.3 is 0 Å². The molecule has 0 amide bonds. The van der Waals surface area contributed by atoms with Crippen molar-refractivity contribution < 1.29 is 4.74 Å². The number of benzene rings is 1. The Morgan fingerprint density at radius 2 is 2.08 bits per heavy atom. The maximum atomic E-state index is 5.13. The fraction of sp³-hybridized carbons (Fsp3) is 0.300. The van der Waals surface area contributed by atoms with Gasteiger partial charge in [-0.05, 0) is 31.3 Å². The molecular weight excluding hydrogens is 182 g/mol. The zero-order chi connectivity index (χ0) is 9.52. The fourth-order valence-electron chi connectivity index (χ4n) is 0.942. The van der Waals surface area contributed by atoms with Gasteiger partial charge in [-0.1, -0.05) is 18.2 Å². The van der Waals surface area contributed by atoms with Gasteiger partial charge in [0.05, 0.1) is 13.2 Å². The van der Waals surface area contributed by atoms with Gasteiger partial charge in [0.15, 0.2) is 5.05 Å². The maximum absolute atomic E-state index is 5.13. The van der Waals surface area contributed by atoms with E-state index in [0.29, 0.717) is 18.2 Å². The zero-order valence-electron chi connectivity index (χ0n) is 7.62. The van der Waals surface area contributed by atoms with E-state index in [1.807, 2.05) is 37.3 Å². The molecule has 1 N–H and O–H groups in total. The van der Waals surface area contributed by atoms with E-state index >= 15 is 0 Å². The summed E-state index contributed by atoms with van der Waals surface area (Å²) in [5.74, 6) is 0. The van der Waals surface area contributed by atoms with E-state index in [1.54, 1.807) is 0 Å². The van der Waals surface area contributed by atoms with Crippen molar-refractivity contribution in [1.29, 1.82) is 0 Å². The van der Waals surface area contributed by atoms with Gasteiger partial charge in [0.1, 0.15) is 0 Å². The van der Waals surface area contributed by atoms with Gasteiger partial charge in [0.2, 0.25) is 0 Å². The van der Waals surface area contributed by atoms with Crippen LogP contribution in [0.5, 0.6) is 0 Å². The molecule has 0 aromatic heterocycles. The van der Waals surface area contributed by atoms with Crippen molar-refractivity contribution in [3.05, 3.63) is 30.3 Å². The van der Waals surface area contributed by atoms with Gasteiger partial charge in [0, 0.05) is 5.69 Å². The monoisotopic (exact) mass is 195 g/mol. The first-order chi connectivity index (χ1) is 6.33. The predicted octanol–water partition coefficient (Wildman–Crippen LogP) is 2.46. The Hall–Kier alpha value is -1.09. The number of ether oxygens (including phenoxy) is 1. The molecule has 0 bridgehead atoms. The minimum Gasteiger partial charge on any atom is -0.485 e. The van der Waals surface area contributed by atoms with Crippen LogP contribution in [0.25, 0.3) is 0 Å². The van der Waals surface area contributed by atoms with Crippen LogP contribution >= 0.6 is 12.2 Å². The predicted molar refractivity (Wildman–Crippen MR) is 59.2 cm³/mol. The third-order valence-corrected chi connectivity index (χ3v) is 1.78. The van der Waals surface area contributed by atoms with Gasteiger partial charge in [-0.2, -0.15) is 0 Å². The van der Waals surface area contributed by atoms with E-state index in [4.69, 9.17) is 17.0 Å². The third kappa shape index (κ3) is 3.90. The van der Waals surface area contributed by atoms with Gasteiger partial charge < -0.3 is 10.1 Å². The second kappa shape index (κ2) is 5.54. The summed E-state index contributed by atoms with van der Waals surface area (Å²) < 4.78 is 5.13. The minimum atomic E-state index is 0.590. The molecule has 1 aromatic carbocycles. The summed E-state index contributed by atoms with van der Waals surface area (Å²) in [7, 11) is 0. The van der Waals surface area contributed by atoms with E-state index in [-0.39, 0.29) is 0 Å². The summed E-state index contributed by atoms with van der Waals surface area (Å²) in [6.45, 7) is 3.15. The number of hydrogen-bond acceptors (Lipinski definition) is 3. The van der Waals surface area contributed by atoms with E-state index in [2.05, 4.69) is 5.32 Å². The Morgan fingerprint density at radius 3 is 2.69 bits per heavy atom. The molecule has 0 heterocycles. The molecule has 0 saturated heterocycles. The molecule has 0 atom stereocenters. The number of thiocarbonyl (C=S) groups is 1. The lowest BCUT2D eigenvalue weighted by molar-refractivity contribution is 0.332. The van der Waals surface area contributed by atoms with Crippen molar-refractivity contribution >= 4 is 23.0 Å². The molecule has 0 spiro atoms. The molecular formula is C10H13NOS. The lowest BCUT2D eigenvalue weighted by Crippen LogP contribution is -2.14. The standard InChI is InChI=1S/C10H13NOS/c1-2-12-10(13)8-11-9-6-4-3-5-7-9/h3-7,11H,2,8H2,1H3. The quantitative estimate of drug-likeness (QED) is 0.746. The van der Waals surface area contributed by atoms with Gasteiger partial charge in [-0.3, -0.25) is 0 Å². The summed E-state index contributed by atoms with van der Waals surface area (Å²) in [4.78, 5) is 0. The van der Waals surface area contributed by atoms with E-state index in [9.17, 15) is 0 Å². The molecule has 1 aromatic rings. The van der Waals surface area contributed by atoms with Crippen molar-refractivity contribution in [2.75, 3.05) is 18.5 Å². The Labute approximate surface area is 83.9 Å². The first-order valence-electron chi connectivity index (χ1n) is 4.27. The topological polar surface area (TPSA) is 21.3 Å². The average molecular weight is 195 g/mol. The highest BCUT2D eigenvalue weighted by molar-refractivity contribution is 7.80.